The molecule has 0 saturated carbocycles. The number of rotatable bonds is 3. The van der Waals surface area contributed by atoms with E-state index >= 15 is 0 Å². The van der Waals surface area contributed by atoms with Crippen LogP contribution >= 0.6 is 11.6 Å². The average molecular weight is 279 g/mol. The average Bonchev–Trinajstić information content (AvgIpc) is 2.77. The van der Waals surface area contributed by atoms with Gasteiger partial charge in [0.15, 0.2) is 0 Å². The molecule has 1 N–H and O–H groups in total. The maximum atomic E-state index is 13.6. The van der Waals surface area contributed by atoms with E-state index in [0.717, 1.165) is 6.07 Å². The lowest BCUT2D eigenvalue weighted by molar-refractivity contribution is 0.0551. The van der Waals surface area contributed by atoms with Crippen LogP contribution in [0.25, 0.3) is 11.4 Å². The summed E-state index contributed by atoms with van der Waals surface area (Å²) in [6, 6.07) is 3.71. The van der Waals surface area contributed by atoms with Gasteiger partial charge in [0.2, 0.25) is 5.82 Å². The third kappa shape index (κ3) is 2.46. The zero-order chi connectivity index (χ0) is 13.3. The summed E-state index contributed by atoms with van der Waals surface area (Å²) in [5.74, 6) is -2.20. The second kappa shape index (κ2) is 4.58. The van der Waals surface area contributed by atoms with E-state index in [1.807, 2.05) is 0 Å². The second-order valence-electron chi connectivity index (χ2n) is 3.39. The Morgan fingerprint density at radius 3 is 2.61 bits per heavy atom. The summed E-state index contributed by atoms with van der Waals surface area (Å²) >= 11 is 4.69. The highest BCUT2D eigenvalue weighted by molar-refractivity contribution is 6.21. The van der Waals surface area contributed by atoms with Crippen LogP contribution in [0.5, 0.6) is 0 Å². The number of alkyl halides is 3. The van der Waals surface area contributed by atoms with Gasteiger partial charge in [-0.1, -0.05) is 11.2 Å². The van der Waals surface area contributed by atoms with Crippen molar-refractivity contribution in [2.24, 2.45) is 0 Å². The number of hydrogen-bond acceptors (Lipinski definition) is 4. The standard InChI is InChI=1S/C10H6ClF3N2O2/c11-10(13,14)9-15-8(16-18-9)6-2-1-5(4-17)3-7(6)12/h1-3,17H,4H2. The van der Waals surface area contributed by atoms with Gasteiger partial charge in [0.25, 0.3) is 0 Å². The Bertz CT molecular complexity index is 568. The molecule has 0 fully saturated rings. The topological polar surface area (TPSA) is 59.2 Å². The Morgan fingerprint density at radius 2 is 2.11 bits per heavy atom. The van der Waals surface area contributed by atoms with Gasteiger partial charge in [-0.15, -0.1) is 0 Å². The summed E-state index contributed by atoms with van der Waals surface area (Å²) in [4.78, 5) is 3.31. The van der Waals surface area contributed by atoms with E-state index in [4.69, 9.17) is 16.7 Å². The molecule has 1 aromatic carbocycles. The highest BCUT2D eigenvalue weighted by Crippen LogP contribution is 2.32. The van der Waals surface area contributed by atoms with Gasteiger partial charge in [0.1, 0.15) is 5.82 Å². The van der Waals surface area contributed by atoms with Gasteiger partial charge in [-0.25, -0.2) is 4.39 Å². The Morgan fingerprint density at radius 1 is 1.39 bits per heavy atom. The van der Waals surface area contributed by atoms with Crippen LogP contribution in [0.4, 0.5) is 13.2 Å². The molecular weight excluding hydrogens is 273 g/mol. The largest absolute Gasteiger partial charge is 0.400 e. The molecule has 2 aromatic rings. The van der Waals surface area contributed by atoms with Crippen LogP contribution in [0, 0.1) is 5.82 Å². The molecule has 96 valence electrons. The summed E-state index contributed by atoms with van der Waals surface area (Å²) in [6.45, 7) is -0.339. The van der Waals surface area contributed by atoms with Crippen molar-refractivity contribution in [2.75, 3.05) is 0 Å². The van der Waals surface area contributed by atoms with Gasteiger partial charge in [0.05, 0.1) is 12.2 Å². The number of hydrogen-bond donors (Lipinski definition) is 1. The lowest BCUT2D eigenvalue weighted by Crippen LogP contribution is -2.03. The first-order valence-corrected chi connectivity index (χ1v) is 5.10. The number of halogens is 4. The zero-order valence-electron chi connectivity index (χ0n) is 8.70. The van der Waals surface area contributed by atoms with Crippen LogP contribution in [-0.2, 0) is 12.0 Å². The van der Waals surface area contributed by atoms with Gasteiger partial charge in [-0.2, -0.15) is 13.8 Å². The lowest BCUT2D eigenvalue weighted by Gasteiger charge is -2.00. The quantitative estimate of drug-likeness (QED) is 0.877. The van der Waals surface area contributed by atoms with Crippen molar-refractivity contribution in [1.82, 2.24) is 10.1 Å². The summed E-state index contributed by atoms with van der Waals surface area (Å²) in [5, 5.41) is 8.22. The fraction of sp³-hybridized carbons (Fsp3) is 0.200. The van der Waals surface area contributed by atoms with E-state index in [1.54, 1.807) is 0 Å². The molecule has 1 aromatic heterocycles. The molecule has 0 aliphatic rings. The first kappa shape index (κ1) is 12.8. The molecule has 0 bridgehead atoms. The predicted molar refractivity (Wildman–Crippen MR) is 55.4 cm³/mol. The Hall–Kier alpha value is -1.60. The summed E-state index contributed by atoms with van der Waals surface area (Å²) in [7, 11) is 0. The second-order valence-corrected chi connectivity index (χ2v) is 3.87. The van der Waals surface area contributed by atoms with E-state index in [0.29, 0.717) is 5.56 Å². The number of aliphatic hydroxyl groups excluding tert-OH is 1. The van der Waals surface area contributed by atoms with Crippen molar-refractivity contribution in [1.29, 1.82) is 0 Å². The maximum Gasteiger partial charge on any atom is 0.400 e. The number of benzene rings is 1. The van der Waals surface area contributed by atoms with E-state index < -0.39 is 17.1 Å². The number of nitrogens with zero attached hydrogens (tertiary/aromatic N) is 2. The van der Waals surface area contributed by atoms with Crippen molar-refractivity contribution in [3.05, 3.63) is 35.5 Å². The number of aliphatic hydroxyl groups is 1. The summed E-state index contributed by atoms with van der Waals surface area (Å²) < 4.78 is 43.1. The normalized spacial score (nSPS) is 11.8. The van der Waals surface area contributed by atoms with Crippen molar-refractivity contribution >= 4 is 11.6 Å². The van der Waals surface area contributed by atoms with Gasteiger partial charge in [0, 0.05) is 0 Å². The summed E-state index contributed by atoms with van der Waals surface area (Å²) in [5.41, 5.74) is 0.214. The molecule has 0 saturated heterocycles. The molecule has 8 heteroatoms. The smallest absolute Gasteiger partial charge is 0.392 e. The van der Waals surface area contributed by atoms with Crippen molar-refractivity contribution in [2.45, 2.75) is 12.0 Å². The molecule has 0 unspecified atom stereocenters. The highest BCUT2D eigenvalue weighted by atomic mass is 35.5. The molecule has 0 spiro atoms. The van der Waals surface area contributed by atoms with Gasteiger partial charge < -0.3 is 9.63 Å². The molecule has 0 amide bonds. The van der Waals surface area contributed by atoms with E-state index in [2.05, 4.69) is 14.7 Å². The van der Waals surface area contributed by atoms with Crippen LogP contribution in [-0.4, -0.2) is 15.2 Å². The molecule has 0 radical (unpaired) electrons. The molecule has 0 atom stereocenters. The molecule has 2 rings (SSSR count). The molecular formula is C10H6ClF3N2O2. The fourth-order valence-corrected chi connectivity index (χ4v) is 1.36. The van der Waals surface area contributed by atoms with Gasteiger partial charge in [-0.3, -0.25) is 0 Å². The van der Waals surface area contributed by atoms with Crippen molar-refractivity contribution in [3.63, 3.8) is 0 Å². The summed E-state index contributed by atoms with van der Waals surface area (Å²) in [6.07, 6.45) is 0. The minimum Gasteiger partial charge on any atom is -0.392 e. The molecule has 18 heavy (non-hydrogen) atoms. The SMILES string of the molecule is OCc1ccc(-c2noc(C(F)(F)Cl)n2)c(F)c1. The monoisotopic (exact) mass is 278 g/mol. The molecule has 0 aliphatic carbocycles. The Labute approximate surface area is 104 Å². The zero-order valence-corrected chi connectivity index (χ0v) is 9.46. The lowest BCUT2D eigenvalue weighted by atomic mass is 10.1. The highest BCUT2D eigenvalue weighted by Gasteiger charge is 2.36. The van der Waals surface area contributed by atoms with Crippen LogP contribution in [0.15, 0.2) is 22.7 Å². The predicted octanol–water partition coefficient (Wildman–Crippen LogP) is 2.66. The van der Waals surface area contributed by atoms with Crippen LogP contribution < -0.4 is 0 Å². The van der Waals surface area contributed by atoms with Crippen LogP contribution in [0.3, 0.4) is 0 Å². The van der Waals surface area contributed by atoms with Gasteiger partial charge in [-0.05, 0) is 29.3 Å². The Balaban J connectivity index is 2.40. The van der Waals surface area contributed by atoms with Crippen molar-refractivity contribution < 1.29 is 22.8 Å². The molecule has 1 heterocycles. The van der Waals surface area contributed by atoms with Gasteiger partial charge >= 0.3 is 11.3 Å². The maximum absolute atomic E-state index is 13.6. The van der Waals surface area contributed by atoms with Crippen molar-refractivity contribution in [3.8, 4) is 11.4 Å². The van der Waals surface area contributed by atoms with Crippen LogP contribution in [0.1, 0.15) is 11.5 Å². The molecule has 0 aliphatic heterocycles. The van der Waals surface area contributed by atoms with Crippen LogP contribution in [0.2, 0.25) is 0 Å². The Kier molecular flexibility index (Phi) is 3.27. The third-order valence-electron chi connectivity index (χ3n) is 2.13. The fourth-order valence-electron chi connectivity index (χ4n) is 1.29. The van der Waals surface area contributed by atoms with E-state index in [-0.39, 0.29) is 18.0 Å². The first-order chi connectivity index (χ1) is 8.41. The minimum atomic E-state index is -3.80. The van der Waals surface area contributed by atoms with E-state index in [9.17, 15) is 13.2 Å². The minimum absolute atomic E-state index is 0.122. The third-order valence-corrected chi connectivity index (χ3v) is 2.29. The first-order valence-electron chi connectivity index (χ1n) is 4.72. The molecule has 4 nitrogen and oxygen atoms in total. The number of aromatic nitrogens is 2. The van der Waals surface area contributed by atoms with E-state index in [1.165, 1.54) is 12.1 Å².